The number of amides is 1. The van der Waals surface area contributed by atoms with Crippen LogP contribution in [0.3, 0.4) is 0 Å². The van der Waals surface area contributed by atoms with Crippen molar-refractivity contribution < 1.29 is 13.9 Å². The van der Waals surface area contributed by atoms with Crippen molar-refractivity contribution in [2.24, 2.45) is 5.92 Å². The van der Waals surface area contributed by atoms with E-state index >= 15 is 0 Å². The number of carbonyl (C=O) groups excluding carboxylic acids is 1. The first-order valence-electron chi connectivity index (χ1n) is 12.1. The lowest BCUT2D eigenvalue weighted by atomic mass is 9.97. The normalized spacial score (nSPS) is 15.8. The second kappa shape index (κ2) is 9.93. The van der Waals surface area contributed by atoms with Gasteiger partial charge in [0.05, 0.1) is 35.5 Å². The smallest absolute Gasteiger partial charge is 0.225 e. The number of nitrogens with zero attached hydrogens (tertiary/aromatic N) is 5. The first-order chi connectivity index (χ1) is 17.5. The van der Waals surface area contributed by atoms with Crippen molar-refractivity contribution in [3.8, 4) is 11.4 Å². The molecule has 0 saturated carbocycles. The molecule has 1 aliphatic heterocycles. The number of methoxy groups -OCH3 is 1. The number of aryl methyl sites for hydroxylation is 2. The summed E-state index contributed by atoms with van der Waals surface area (Å²) >= 11 is 0. The zero-order valence-electron chi connectivity index (χ0n) is 20.7. The first-order valence-corrected chi connectivity index (χ1v) is 12.1. The molecule has 1 atom stereocenters. The summed E-state index contributed by atoms with van der Waals surface area (Å²) < 4.78 is 21.1. The fourth-order valence-electron chi connectivity index (χ4n) is 4.85. The molecule has 36 heavy (non-hydrogen) atoms. The third-order valence-electron chi connectivity index (χ3n) is 6.80. The number of anilines is 1. The van der Waals surface area contributed by atoms with Gasteiger partial charge in [0.15, 0.2) is 5.82 Å². The number of nitrogens with one attached hydrogen (secondary N) is 1. The Kier molecular flexibility index (Phi) is 6.54. The number of benzene rings is 2. The predicted octanol–water partition coefficient (Wildman–Crippen LogP) is 4.11. The zero-order chi connectivity index (χ0) is 25.2. The number of piperidine rings is 1. The van der Waals surface area contributed by atoms with Crippen molar-refractivity contribution in [1.29, 1.82) is 0 Å². The van der Waals surface area contributed by atoms with Gasteiger partial charge in [0.1, 0.15) is 17.1 Å². The topological polar surface area (TPSA) is 85.2 Å². The van der Waals surface area contributed by atoms with Crippen LogP contribution in [0.15, 0.2) is 48.5 Å². The molecule has 0 spiro atoms. The molecular formula is C27H29FN6O2. The van der Waals surface area contributed by atoms with Gasteiger partial charge < -0.3 is 15.0 Å². The monoisotopic (exact) mass is 488 g/mol. The average Bonchev–Trinajstić information content (AvgIpc) is 3.26. The van der Waals surface area contributed by atoms with E-state index in [0.29, 0.717) is 17.9 Å². The Bertz CT molecular complexity index is 1400. The van der Waals surface area contributed by atoms with E-state index in [-0.39, 0.29) is 24.2 Å². The molecule has 186 valence electrons. The van der Waals surface area contributed by atoms with Gasteiger partial charge in [-0.05, 0) is 57.0 Å². The molecule has 0 aliphatic carbocycles. The van der Waals surface area contributed by atoms with Crippen LogP contribution in [-0.4, -0.2) is 46.1 Å². The van der Waals surface area contributed by atoms with E-state index in [1.54, 1.807) is 25.3 Å². The highest BCUT2D eigenvalue weighted by molar-refractivity contribution is 5.92. The van der Waals surface area contributed by atoms with Crippen molar-refractivity contribution >= 4 is 22.6 Å². The Labute approximate surface area is 209 Å². The molecule has 2 aromatic heterocycles. The van der Waals surface area contributed by atoms with E-state index in [4.69, 9.17) is 9.84 Å². The number of hydrogen-bond acceptors (Lipinski definition) is 6. The van der Waals surface area contributed by atoms with E-state index < -0.39 is 0 Å². The molecule has 2 aromatic carbocycles. The summed E-state index contributed by atoms with van der Waals surface area (Å²) in [5.41, 5.74) is 3.94. The highest BCUT2D eigenvalue weighted by Crippen LogP contribution is 2.32. The average molecular weight is 489 g/mol. The molecule has 3 heterocycles. The maximum Gasteiger partial charge on any atom is 0.225 e. The van der Waals surface area contributed by atoms with Gasteiger partial charge in [0.2, 0.25) is 5.91 Å². The molecule has 5 rings (SSSR count). The lowest BCUT2D eigenvalue weighted by Gasteiger charge is -2.32. The molecule has 1 aliphatic rings. The van der Waals surface area contributed by atoms with E-state index in [1.807, 2.05) is 42.8 Å². The summed E-state index contributed by atoms with van der Waals surface area (Å²) in [6.45, 7) is 5.39. The first kappa shape index (κ1) is 23.7. The minimum absolute atomic E-state index is 0.0841. The third kappa shape index (κ3) is 4.48. The molecule has 8 nitrogen and oxygen atoms in total. The number of hydrogen-bond donors (Lipinski definition) is 1. The lowest BCUT2D eigenvalue weighted by Crippen LogP contribution is -2.43. The van der Waals surface area contributed by atoms with E-state index in [0.717, 1.165) is 53.1 Å². The number of aromatic nitrogens is 4. The van der Waals surface area contributed by atoms with Crippen LogP contribution in [0.1, 0.15) is 29.8 Å². The minimum atomic E-state index is -0.316. The number of carbonyl (C=O) groups is 1. The van der Waals surface area contributed by atoms with Gasteiger partial charge in [-0.15, -0.1) is 5.10 Å². The molecular weight excluding hydrogens is 459 g/mol. The predicted molar refractivity (Wildman–Crippen MR) is 136 cm³/mol. The van der Waals surface area contributed by atoms with E-state index in [9.17, 15) is 9.18 Å². The molecule has 1 N–H and O–H groups in total. The molecule has 4 aromatic rings. The third-order valence-corrected chi connectivity index (χ3v) is 6.80. The van der Waals surface area contributed by atoms with Crippen LogP contribution in [0.5, 0.6) is 5.75 Å². The quantitative estimate of drug-likeness (QED) is 0.440. The summed E-state index contributed by atoms with van der Waals surface area (Å²) in [5, 5.41) is 17.7. The second-order valence-corrected chi connectivity index (χ2v) is 9.12. The van der Waals surface area contributed by atoms with Crippen LogP contribution >= 0.6 is 0 Å². The van der Waals surface area contributed by atoms with Crippen molar-refractivity contribution in [2.45, 2.75) is 33.2 Å². The highest BCUT2D eigenvalue weighted by atomic mass is 19.1. The molecule has 0 unspecified atom stereocenters. The van der Waals surface area contributed by atoms with Gasteiger partial charge in [-0.25, -0.2) is 9.07 Å². The van der Waals surface area contributed by atoms with E-state index in [1.165, 1.54) is 6.07 Å². The Morgan fingerprint density at radius 2 is 1.92 bits per heavy atom. The van der Waals surface area contributed by atoms with Gasteiger partial charge in [0, 0.05) is 25.2 Å². The zero-order valence-corrected chi connectivity index (χ0v) is 20.7. The Morgan fingerprint density at radius 3 is 2.67 bits per heavy atom. The summed E-state index contributed by atoms with van der Waals surface area (Å²) in [7, 11) is 1.64. The van der Waals surface area contributed by atoms with Crippen LogP contribution in [0.25, 0.3) is 16.6 Å². The SMILES string of the molecule is COc1ccc(-n2nc3c(N4CCC[C@@H](C(=O)NCc5ccccc5F)C4)nnc(C)c3c2C)cc1. The maximum atomic E-state index is 14.0. The van der Waals surface area contributed by atoms with Gasteiger partial charge in [-0.1, -0.05) is 18.2 Å². The number of halogens is 1. The highest BCUT2D eigenvalue weighted by Gasteiger charge is 2.29. The van der Waals surface area contributed by atoms with Crippen LogP contribution in [0.4, 0.5) is 10.2 Å². The Balaban J connectivity index is 1.40. The molecule has 0 radical (unpaired) electrons. The molecule has 1 saturated heterocycles. The van der Waals surface area contributed by atoms with Crippen LogP contribution in [-0.2, 0) is 11.3 Å². The molecule has 9 heteroatoms. The van der Waals surface area contributed by atoms with E-state index in [2.05, 4.69) is 20.4 Å². The van der Waals surface area contributed by atoms with Gasteiger partial charge in [-0.2, -0.15) is 10.2 Å². The van der Waals surface area contributed by atoms with Crippen molar-refractivity contribution in [1.82, 2.24) is 25.3 Å². The maximum absolute atomic E-state index is 14.0. The Hall–Kier alpha value is -4.01. The van der Waals surface area contributed by atoms with Crippen LogP contribution < -0.4 is 15.0 Å². The fourth-order valence-corrected chi connectivity index (χ4v) is 4.85. The standard InChI is InChI=1S/C27H29FN6O2/c1-17-24-18(2)34(21-10-12-22(36-3)13-11-21)32-25(24)26(31-30-17)33-14-6-8-20(16-33)27(35)29-15-19-7-4-5-9-23(19)28/h4-5,7,9-13,20H,6,8,14-16H2,1-3H3,(H,29,35)/t20-/m1/s1. The van der Waals surface area contributed by atoms with Crippen molar-refractivity contribution in [3.63, 3.8) is 0 Å². The van der Waals surface area contributed by atoms with Crippen LogP contribution in [0, 0.1) is 25.6 Å². The molecule has 1 fully saturated rings. The largest absolute Gasteiger partial charge is 0.497 e. The molecule has 1 amide bonds. The minimum Gasteiger partial charge on any atom is -0.497 e. The van der Waals surface area contributed by atoms with Crippen molar-refractivity contribution in [2.75, 3.05) is 25.1 Å². The summed E-state index contributed by atoms with van der Waals surface area (Å²) in [6.07, 6.45) is 1.61. The molecule has 0 bridgehead atoms. The number of rotatable bonds is 6. The number of fused-ring (bicyclic) bond motifs is 1. The van der Waals surface area contributed by atoms with Gasteiger partial charge in [-0.3, -0.25) is 4.79 Å². The number of ether oxygens (including phenoxy) is 1. The van der Waals surface area contributed by atoms with Gasteiger partial charge in [0.25, 0.3) is 0 Å². The summed E-state index contributed by atoms with van der Waals surface area (Å²) in [4.78, 5) is 15.0. The van der Waals surface area contributed by atoms with Crippen LogP contribution in [0.2, 0.25) is 0 Å². The lowest BCUT2D eigenvalue weighted by molar-refractivity contribution is -0.125. The Morgan fingerprint density at radius 1 is 1.14 bits per heavy atom. The van der Waals surface area contributed by atoms with Gasteiger partial charge >= 0.3 is 0 Å². The fraction of sp³-hybridized carbons (Fsp3) is 0.333. The van der Waals surface area contributed by atoms with Crippen molar-refractivity contribution in [3.05, 3.63) is 71.3 Å². The summed E-state index contributed by atoms with van der Waals surface area (Å²) in [6, 6.07) is 14.2. The second-order valence-electron chi connectivity index (χ2n) is 9.12. The summed E-state index contributed by atoms with van der Waals surface area (Å²) in [5.74, 6) is 0.828.